The Bertz CT molecular complexity index is 569. The van der Waals surface area contributed by atoms with E-state index in [4.69, 9.17) is 5.11 Å². The van der Waals surface area contributed by atoms with E-state index in [1.54, 1.807) is 18.2 Å². The molecule has 3 N–H and O–H groups in total. The van der Waals surface area contributed by atoms with Crippen molar-refractivity contribution in [3.63, 3.8) is 0 Å². The van der Waals surface area contributed by atoms with Gasteiger partial charge in [-0.1, -0.05) is 31.4 Å². The van der Waals surface area contributed by atoms with Gasteiger partial charge in [0.1, 0.15) is 5.75 Å². The second-order valence-corrected chi connectivity index (χ2v) is 5.09. The Hall–Kier alpha value is -1.81. The van der Waals surface area contributed by atoms with E-state index >= 15 is 0 Å². The van der Waals surface area contributed by atoms with Gasteiger partial charge < -0.3 is 10.2 Å². The van der Waals surface area contributed by atoms with Gasteiger partial charge in [-0.15, -0.1) is 0 Å². The summed E-state index contributed by atoms with van der Waals surface area (Å²) >= 11 is 0. The summed E-state index contributed by atoms with van der Waals surface area (Å²) in [5, 5.41) is 29.5. The smallest absolute Gasteiger partial charge is 0.268 e. The predicted molar refractivity (Wildman–Crippen MR) is 76.9 cm³/mol. The Morgan fingerprint density at radius 3 is 2.45 bits per heavy atom. The van der Waals surface area contributed by atoms with Crippen molar-refractivity contribution in [1.29, 1.82) is 0 Å². The lowest BCUT2D eigenvalue weighted by Gasteiger charge is -2.03. The van der Waals surface area contributed by atoms with Gasteiger partial charge in [0.05, 0.1) is 11.5 Å². The highest BCUT2D eigenvalue weighted by molar-refractivity contribution is 5.81. The lowest BCUT2D eigenvalue weighted by molar-refractivity contribution is -0.889. The molecule has 0 aliphatic heterocycles. The molecule has 0 unspecified atom stereocenters. The minimum absolute atomic E-state index is 0.209. The second-order valence-electron chi connectivity index (χ2n) is 5.09. The molecular formula is C16H22NO3+. The summed E-state index contributed by atoms with van der Waals surface area (Å²) in [4.78, 5) is 0. The molecule has 0 aliphatic carbocycles. The number of hydrogen-bond donors (Lipinski definition) is 3. The Balaban J connectivity index is 2.02. The molecule has 0 fully saturated rings. The fourth-order valence-electron chi connectivity index (χ4n) is 2.45. The molecule has 1 aromatic carbocycles. The fraction of sp³-hybridized carbons (Fsp3) is 0.438. The maximum absolute atomic E-state index is 10.2. The monoisotopic (exact) mass is 276 g/mol. The van der Waals surface area contributed by atoms with Crippen molar-refractivity contribution in [1.82, 2.24) is 0 Å². The zero-order valence-electron chi connectivity index (χ0n) is 11.6. The van der Waals surface area contributed by atoms with Crippen LogP contribution in [0.2, 0.25) is 0 Å². The maximum atomic E-state index is 10.2. The van der Waals surface area contributed by atoms with Crippen molar-refractivity contribution in [2.24, 2.45) is 0 Å². The normalized spacial score (nSPS) is 11.1. The number of aliphatic hydroxyl groups is 1. The van der Waals surface area contributed by atoms with Crippen LogP contribution in [0.5, 0.6) is 5.75 Å². The van der Waals surface area contributed by atoms with Crippen LogP contribution in [0.3, 0.4) is 0 Å². The average molecular weight is 276 g/mol. The maximum Gasteiger partial charge on any atom is 0.268 e. The number of aliphatic hydroxyl groups excluding tert-OH is 1. The van der Waals surface area contributed by atoms with Crippen LogP contribution in [0.15, 0.2) is 30.3 Å². The Labute approximate surface area is 118 Å². The summed E-state index contributed by atoms with van der Waals surface area (Å²) in [7, 11) is 0. The number of unbranched alkanes of at least 4 members (excludes halogenated alkanes) is 4. The largest absolute Gasteiger partial charge is 0.507 e. The van der Waals surface area contributed by atoms with Crippen molar-refractivity contribution >= 4 is 10.9 Å². The summed E-state index contributed by atoms with van der Waals surface area (Å²) in [6, 6.07) is 8.89. The predicted octanol–water partition coefficient (Wildman–Crippen LogP) is 2.56. The summed E-state index contributed by atoms with van der Waals surface area (Å²) in [5.41, 5.74) is 1.35. The van der Waals surface area contributed by atoms with Gasteiger partial charge in [-0.25, -0.2) is 0 Å². The molecule has 4 heteroatoms. The first kappa shape index (κ1) is 14.6. The topological polar surface area (TPSA) is 64.6 Å². The lowest BCUT2D eigenvalue weighted by Crippen LogP contribution is -2.36. The number of para-hydroxylation sites is 1. The highest BCUT2D eigenvalue weighted by atomic mass is 16.5. The molecule has 0 saturated heterocycles. The second kappa shape index (κ2) is 7.10. The van der Waals surface area contributed by atoms with Gasteiger partial charge in [-0.05, 0) is 18.9 Å². The Morgan fingerprint density at radius 1 is 0.950 bits per heavy atom. The quantitative estimate of drug-likeness (QED) is 0.414. The van der Waals surface area contributed by atoms with E-state index in [9.17, 15) is 10.3 Å². The summed E-state index contributed by atoms with van der Waals surface area (Å²) in [5.74, 6) is 0.209. The number of hydrogen-bond acceptors (Lipinski definition) is 3. The summed E-state index contributed by atoms with van der Waals surface area (Å²) in [6.45, 7) is 0.259. The van der Waals surface area contributed by atoms with E-state index in [0.717, 1.165) is 44.2 Å². The molecule has 20 heavy (non-hydrogen) atoms. The first-order valence-electron chi connectivity index (χ1n) is 7.20. The van der Waals surface area contributed by atoms with Gasteiger partial charge in [0.2, 0.25) is 5.69 Å². The molecule has 108 valence electrons. The third-order valence-corrected chi connectivity index (χ3v) is 3.57. The van der Waals surface area contributed by atoms with Crippen molar-refractivity contribution in [3.05, 3.63) is 36.0 Å². The van der Waals surface area contributed by atoms with Crippen molar-refractivity contribution < 1.29 is 20.2 Å². The van der Waals surface area contributed by atoms with E-state index in [-0.39, 0.29) is 12.4 Å². The van der Waals surface area contributed by atoms with E-state index in [0.29, 0.717) is 10.9 Å². The number of aryl methyl sites for hydroxylation is 1. The highest BCUT2D eigenvalue weighted by Gasteiger charge is 2.18. The van der Waals surface area contributed by atoms with Gasteiger partial charge in [0, 0.05) is 23.8 Å². The van der Waals surface area contributed by atoms with Crippen LogP contribution in [-0.2, 0) is 6.42 Å². The molecule has 0 aliphatic rings. The van der Waals surface area contributed by atoms with E-state index in [2.05, 4.69) is 0 Å². The average Bonchev–Trinajstić information content (AvgIpc) is 2.47. The van der Waals surface area contributed by atoms with Crippen molar-refractivity contribution in [3.8, 4) is 5.75 Å². The van der Waals surface area contributed by atoms with Crippen LogP contribution in [-0.4, -0.2) is 22.0 Å². The molecule has 0 saturated carbocycles. The van der Waals surface area contributed by atoms with Gasteiger partial charge in [-0.3, -0.25) is 5.21 Å². The lowest BCUT2D eigenvalue weighted by atomic mass is 10.1. The van der Waals surface area contributed by atoms with Crippen LogP contribution in [0.25, 0.3) is 10.9 Å². The zero-order chi connectivity index (χ0) is 14.4. The van der Waals surface area contributed by atoms with Gasteiger partial charge >= 0.3 is 0 Å². The molecule has 0 amide bonds. The van der Waals surface area contributed by atoms with Crippen LogP contribution in [0.4, 0.5) is 0 Å². The number of rotatable bonds is 7. The van der Waals surface area contributed by atoms with Crippen LogP contribution in [0.1, 0.15) is 37.8 Å². The standard InChI is InChI=1S/C16H21NO3/c18-11-7-3-1-2-4-8-13-12-16(19)14-9-5-6-10-15(14)17(13)20/h5-6,9-10,12,18,20H,1-4,7-8,11H2/p+1. The molecule has 0 bridgehead atoms. The third kappa shape index (κ3) is 3.39. The van der Waals surface area contributed by atoms with Crippen molar-refractivity contribution in [2.75, 3.05) is 6.61 Å². The molecule has 1 heterocycles. The third-order valence-electron chi connectivity index (χ3n) is 3.57. The van der Waals surface area contributed by atoms with E-state index in [1.165, 1.54) is 4.73 Å². The molecule has 4 nitrogen and oxygen atoms in total. The van der Waals surface area contributed by atoms with Crippen LogP contribution in [0, 0.1) is 0 Å². The first-order valence-corrected chi connectivity index (χ1v) is 7.20. The van der Waals surface area contributed by atoms with Gasteiger partial charge in [0.25, 0.3) is 5.52 Å². The van der Waals surface area contributed by atoms with Crippen LogP contribution < -0.4 is 4.73 Å². The molecule has 0 radical (unpaired) electrons. The molecular weight excluding hydrogens is 254 g/mol. The molecule has 1 aromatic heterocycles. The first-order chi connectivity index (χ1) is 9.74. The minimum atomic E-state index is 0.209. The minimum Gasteiger partial charge on any atom is -0.507 e. The van der Waals surface area contributed by atoms with Gasteiger partial charge in [0.15, 0.2) is 0 Å². The number of aromatic nitrogens is 1. The number of nitrogens with zero attached hydrogens (tertiary/aromatic N) is 1. The molecule has 2 rings (SSSR count). The summed E-state index contributed by atoms with van der Waals surface area (Å²) in [6.07, 6.45) is 5.74. The van der Waals surface area contributed by atoms with E-state index in [1.807, 2.05) is 12.1 Å². The van der Waals surface area contributed by atoms with E-state index < -0.39 is 0 Å². The molecule has 0 spiro atoms. The SMILES string of the molecule is OCCCCCCCc1cc(O)c2ccccc2[n+]1O. The van der Waals surface area contributed by atoms with Gasteiger partial charge in [-0.2, -0.15) is 0 Å². The number of benzene rings is 1. The fourth-order valence-corrected chi connectivity index (χ4v) is 2.45. The number of aromatic hydroxyl groups is 1. The molecule has 2 aromatic rings. The Morgan fingerprint density at radius 2 is 1.65 bits per heavy atom. The summed E-state index contributed by atoms with van der Waals surface area (Å²) < 4.78 is 1.17. The molecule has 0 atom stereocenters. The number of fused-ring (bicyclic) bond motifs is 1. The van der Waals surface area contributed by atoms with Crippen molar-refractivity contribution in [2.45, 2.75) is 38.5 Å². The number of pyridine rings is 1. The highest BCUT2D eigenvalue weighted by Crippen LogP contribution is 2.23. The van der Waals surface area contributed by atoms with Crippen LogP contribution >= 0.6 is 0 Å². The zero-order valence-corrected chi connectivity index (χ0v) is 11.6. The Kier molecular flexibility index (Phi) is 5.18.